The van der Waals surface area contributed by atoms with Crippen LogP contribution in [0.5, 0.6) is 11.5 Å². The molecule has 152 valence electrons. The zero-order valence-corrected chi connectivity index (χ0v) is 17.9. The van der Waals surface area contributed by atoms with Gasteiger partial charge in [0.15, 0.2) is 6.61 Å². The summed E-state index contributed by atoms with van der Waals surface area (Å²) in [6.07, 6.45) is 0.861. The molecular weight excluding hydrogens is 350 g/mol. The summed E-state index contributed by atoms with van der Waals surface area (Å²) in [5.41, 5.74) is 3.31. The first-order valence-electron chi connectivity index (χ1n) is 9.96. The van der Waals surface area contributed by atoms with Gasteiger partial charge in [0.25, 0.3) is 5.91 Å². The molecule has 0 fully saturated rings. The molecule has 1 atom stereocenters. The largest absolute Gasteiger partial charge is 0.497 e. The van der Waals surface area contributed by atoms with Crippen molar-refractivity contribution in [2.75, 3.05) is 13.7 Å². The molecule has 0 aliphatic carbocycles. The maximum Gasteiger partial charge on any atom is 0.258 e. The predicted octanol–water partition coefficient (Wildman–Crippen LogP) is 5.41. The van der Waals surface area contributed by atoms with Gasteiger partial charge in [-0.15, -0.1) is 0 Å². The summed E-state index contributed by atoms with van der Waals surface area (Å²) >= 11 is 0. The van der Waals surface area contributed by atoms with Crippen molar-refractivity contribution in [3.8, 4) is 11.5 Å². The van der Waals surface area contributed by atoms with Gasteiger partial charge in [-0.05, 0) is 60.1 Å². The van der Waals surface area contributed by atoms with Gasteiger partial charge in [-0.25, -0.2) is 0 Å². The van der Waals surface area contributed by atoms with Gasteiger partial charge in [0.2, 0.25) is 0 Å². The number of amides is 1. The van der Waals surface area contributed by atoms with E-state index in [0.717, 1.165) is 34.6 Å². The minimum Gasteiger partial charge on any atom is -0.497 e. The summed E-state index contributed by atoms with van der Waals surface area (Å²) < 4.78 is 11.1. The van der Waals surface area contributed by atoms with E-state index in [4.69, 9.17) is 9.47 Å². The van der Waals surface area contributed by atoms with Crippen LogP contribution in [0.3, 0.4) is 0 Å². The van der Waals surface area contributed by atoms with Crippen molar-refractivity contribution in [3.63, 3.8) is 0 Å². The van der Waals surface area contributed by atoms with Crippen LogP contribution in [-0.4, -0.2) is 19.6 Å². The summed E-state index contributed by atoms with van der Waals surface area (Å²) in [5.74, 6) is 2.28. The SMILES string of the molecule is COc1ccc([C@@H](CC(C)C)NC(=O)COc2cc(C)ccc2C(C)C)cc1. The van der Waals surface area contributed by atoms with Gasteiger partial charge in [0.05, 0.1) is 13.2 Å². The molecule has 0 radical (unpaired) electrons. The molecule has 2 aromatic rings. The van der Waals surface area contributed by atoms with Crippen molar-refractivity contribution >= 4 is 5.91 Å². The van der Waals surface area contributed by atoms with E-state index in [1.807, 2.05) is 37.3 Å². The average Bonchev–Trinajstić information content (AvgIpc) is 2.65. The lowest BCUT2D eigenvalue weighted by atomic mass is 9.97. The number of aryl methyl sites for hydroxylation is 1. The normalized spacial score (nSPS) is 12.1. The second kappa shape index (κ2) is 10.2. The molecule has 2 rings (SSSR count). The maximum absolute atomic E-state index is 12.6. The van der Waals surface area contributed by atoms with Crippen LogP contribution in [0.2, 0.25) is 0 Å². The smallest absolute Gasteiger partial charge is 0.258 e. The molecule has 0 aliphatic rings. The zero-order chi connectivity index (χ0) is 20.7. The lowest BCUT2D eigenvalue weighted by Crippen LogP contribution is -2.33. The highest BCUT2D eigenvalue weighted by Crippen LogP contribution is 2.28. The van der Waals surface area contributed by atoms with Crippen LogP contribution in [0.4, 0.5) is 0 Å². The Kier molecular flexibility index (Phi) is 7.91. The third-order valence-electron chi connectivity index (χ3n) is 4.71. The van der Waals surface area contributed by atoms with Crippen molar-refractivity contribution in [3.05, 3.63) is 59.2 Å². The minimum atomic E-state index is -0.113. The Morgan fingerprint density at radius 3 is 2.29 bits per heavy atom. The first-order valence-corrected chi connectivity index (χ1v) is 9.96. The number of carbonyl (C=O) groups excluding carboxylic acids is 1. The quantitative estimate of drug-likeness (QED) is 0.630. The number of ether oxygens (including phenoxy) is 2. The zero-order valence-electron chi connectivity index (χ0n) is 17.9. The van der Waals surface area contributed by atoms with Crippen molar-refractivity contribution in [2.24, 2.45) is 5.92 Å². The van der Waals surface area contributed by atoms with Gasteiger partial charge in [0, 0.05) is 0 Å². The van der Waals surface area contributed by atoms with Crippen molar-refractivity contribution < 1.29 is 14.3 Å². The van der Waals surface area contributed by atoms with E-state index in [0.29, 0.717) is 11.8 Å². The van der Waals surface area contributed by atoms with Crippen LogP contribution < -0.4 is 14.8 Å². The van der Waals surface area contributed by atoms with Gasteiger partial charge in [0.1, 0.15) is 11.5 Å². The lowest BCUT2D eigenvalue weighted by Gasteiger charge is -2.22. The summed E-state index contributed by atoms with van der Waals surface area (Å²) in [6.45, 7) is 10.6. The van der Waals surface area contributed by atoms with Crippen LogP contribution in [-0.2, 0) is 4.79 Å². The molecular formula is C24H33NO3. The van der Waals surface area contributed by atoms with E-state index < -0.39 is 0 Å². The van der Waals surface area contributed by atoms with E-state index in [1.165, 1.54) is 0 Å². The lowest BCUT2D eigenvalue weighted by molar-refractivity contribution is -0.124. The fourth-order valence-electron chi connectivity index (χ4n) is 3.21. The van der Waals surface area contributed by atoms with Crippen molar-refractivity contribution in [1.29, 1.82) is 0 Å². The second-order valence-corrected chi connectivity index (χ2v) is 8.01. The minimum absolute atomic E-state index is 0.00786. The molecule has 1 N–H and O–H groups in total. The van der Waals surface area contributed by atoms with Crippen LogP contribution in [0.1, 0.15) is 62.8 Å². The highest BCUT2D eigenvalue weighted by Gasteiger charge is 2.17. The topological polar surface area (TPSA) is 47.6 Å². The molecule has 28 heavy (non-hydrogen) atoms. The highest BCUT2D eigenvalue weighted by molar-refractivity contribution is 5.78. The molecule has 0 aliphatic heterocycles. The molecule has 2 aromatic carbocycles. The van der Waals surface area contributed by atoms with Crippen LogP contribution in [0.15, 0.2) is 42.5 Å². The highest BCUT2D eigenvalue weighted by atomic mass is 16.5. The maximum atomic E-state index is 12.6. The molecule has 0 spiro atoms. The number of rotatable bonds is 9. The molecule has 0 heterocycles. The number of benzene rings is 2. The summed E-state index contributed by atoms with van der Waals surface area (Å²) in [5, 5.41) is 3.13. The van der Waals surface area contributed by atoms with E-state index in [9.17, 15) is 4.79 Å². The first-order chi connectivity index (χ1) is 13.3. The van der Waals surface area contributed by atoms with E-state index in [-0.39, 0.29) is 18.6 Å². The number of methoxy groups -OCH3 is 1. The van der Waals surface area contributed by atoms with Gasteiger partial charge in [-0.1, -0.05) is 52.0 Å². The van der Waals surface area contributed by atoms with Crippen LogP contribution >= 0.6 is 0 Å². The van der Waals surface area contributed by atoms with E-state index in [2.05, 4.69) is 45.1 Å². The Balaban J connectivity index is 2.06. The summed E-state index contributed by atoms with van der Waals surface area (Å²) in [7, 11) is 1.65. The Bertz CT molecular complexity index is 766. The summed E-state index contributed by atoms with van der Waals surface area (Å²) in [4.78, 5) is 12.6. The monoisotopic (exact) mass is 383 g/mol. The van der Waals surface area contributed by atoms with Gasteiger partial charge in [-0.3, -0.25) is 4.79 Å². The Labute approximate surface area is 169 Å². The molecule has 0 bridgehead atoms. The number of hydrogen-bond acceptors (Lipinski definition) is 3. The van der Waals surface area contributed by atoms with Crippen molar-refractivity contribution in [2.45, 2.75) is 53.0 Å². The molecule has 0 aromatic heterocycles. The Hall–Kier alpha value is -2.49. The number of carbonyl (C=O) groups is 1. The number of hydrogen-bond donors (Lipinski definition) is 1. The molecule has 4 heteroatoms. The molecule has 4 nitrogen and oxygen atoms in total. The first kappa shape index (κ1) is 21.8. The number of nitrogens with one attached hydrogen (secondary N) is 1. The molecule has 0 saturated carbocycles. The van der Waals surface area contributed by atoms with E-state index >= 15 is 0 Å². The van der Waals surface area contributed by atoms with E-state index in [1.54, 1.807) is 7.11 Å². The van der Waals surface area contributed by atoms with Gasteiger partial charge < -0.3 is 14.8 Å². The average molecular weight is 384 g/mol. The van der Waals surface area contributed by atoms with Gasteiger partial charge >= 0.3 is 0 Å². The molecule has 0 unspecified atom stereocenters. The second-order valence-electron chi connectivity index (χ2n) is 8.01. The summed E-state index contributed by atoms with van der Waals surface area (Å²) in [6, 6.07) is 14.0. The van der Waals surface area contributed by atoms with Crippen molar-refractivity contribution in [1.82, 2.24) is 5.32 Å². The third-order valence-corrected chi connectivity index (χ3v) is 4.71. The van der Waals surface area contributed by atoms with Crippen LogP contribution in [0, 0.1) is 12.8 Å². The third kappa shape index (κ3) is 6.29. The Morgan fingerprint density at radius 1 is 1.04 bits per heavy atom. The van der Waals surface area contributed by atoms with Crippen LogP contribution in [0.25, 0.3) is 0 Å². The fourth-order valence-corrected chi connectivity index (χ4v) is 3.21. The standard InChI is InChI=1S/C24H33NO3/c1-16(2)13-22(19-8-10-20(27-6)11-9-19)25-24(26)15-28-23-14-18(5)7-12-21(23)17(3)4/h7-12,14,16-17,22H,13,15H2,1-6H3,(H,25,26)/t22-/m1/s1. The Morgan fingerprint density at radius 2 is 1.71 bits per heavy atom. The van der Waals surface area contributed by atoms with Gasteiger partial charge in [-0.2, -0.15) is 0 Å². The fraction of sp³-hybridized carbons (Fsp3) is 0.458. The molecule has 0 saturated heterocycles. The molecule has 1 amide bonds. The predicted molar refractivity (Wildman–Crippen MR) is 114 cm³/mol.